The molecule has 0 saturated carbocycles. The van der Waals surface area contributed by atoms with E-state index in [1.807, 2.05) is 13.0 Å². The number of alkyl halides is 3. The van der Waals surface area contributed by atoms with Crippen LogP contribution in [0.4, 0.5) is 19.0 Å². The van der Waals surface area contributed by atoms with Crippen LogP contribution in [0.15, 0.2) is 30.6 Å². The average Bonchev–Trinajstić information content (AvgIpc) is 3.63. The summed E-state index contributed by atoms with van der Waals surface area (Å²) in [6.07, 6.45) is -2.88. The predicted octanol–water partition coefficient (Wildman–Crippen LogP) is 4.68. The van der Waals surface area contributed by atoms with Crippen molar-refractivity contribution in [3.05, 3.63) is 52.3 Å². The number of piperidine rings is 1. The van der Waals surface area contributed by atoms with E-state index < -0.39 is 18.8 Å². The van der Waals surface area contributed by atoms with Crippen molar-refractivity contribution < 1.29 is 18.3 Å². The number of piperazine rings is 1. The normalized spacial score (nSPS) is 19.5. The fraction of sp³-hybridized carbons (Fsp3) is 0.559. The summed E-state index contributed by atoms with van der Waals surface area (Å²) in [7, 11) is 0. The Balaban J connectivity index is 1.07. The SMILES string of the molecule is Cc1c(CN2CCC(Nc3ncnc4sc(CC(F)(F)F)cc34)CC2)ccc2c1cc(C#N)n2C[C@H](C)N1CCN(C(C)C(N)O)CC1. The highest BCUT2D eigenvalue weighted by Crippen LogP contribution is 2.33. The Morgan fingerprint density at radius 3 is 2.44 bits per heavy atom. The zero-order valence-electron chi connectivity index (χ0n) is 27.7. The fourth-order valence-electron chi connectivity index (χ4n) is 7.14. The van der Waals surface area contributed by atoms with Crippen LogP contribution in [0.1, 0.15) is 48.4 Å². The quantitative estimate of drug-likeness (QED) is 0.205. The molecule has 2 saturated heterocycles. The minimum atomic E-state index is -4.26. The molecule has 258 valence electrons. The third-order valence-corrected chi connectivity index (χ3v) is 11.2. The van der Waals surface area contributed by atoms with Crippen molar-refractivity contribution in [2.24, 2.45) is 5.73 Å². The van der Waals surface area contributed by atoms with Crippen LogP contribution in [0.5, 0.6) is 0 Å². The van der Waals surface area contributed by atoms with Gasteiger partial charge < -0.3 is 20.7 Å². The number of aliphatic hydroxyl groups excluding tert-OH is 1. The summed E-state index contributed by atoms with van der Waals surface area (Å²) >= 11 is 1.07. The molecule has 0 aliphatic carbocycles. The van der Waals surface area contributed by atoms with E-state index in [0.717, 1.165) is 80.9 Å². The second kappa shape index (κ2) is 14.3. The second-order valence-electron chi connectivity index (χ2n) is 13.3. The predicted molar refractivity (Wildman–Crippen MR) is 183 cm³/mol. The van der Waals surface area contributed by atoms with Gasteiger partial charge in [-0.05, 0) is 62.9 Å². The zero-order chi connectivity index (χ0) is 34.2. The van der Waals surface area contributed by atoms with Crippen LogP contribution >= 0.6 is 11.3 Å². The molecule has 2 unspecified atom stereocenters. The van der Waals surface area contributed by atoms with Crippen molar-refractivity contribution >= 4 is 38.3 Å². The van der Waals surface area contributed by atoms with Crippen molar-refractivity contribution in [1.82, 2.24) is 29.2 Å². The Hall–Kier alpha value is -3.32. The Kier molecular flexibility index (Phi) is 10.3. The minimum Gasteiger partial charge on any atom is -0.377 e. The van der Waals surface area contributed by atoms with Gasteiger partial charge in [0.15, 0.2) is 0 Å². The number of hydrogen-bond donors (Lipinski definition) is 3. The molecule has 2 aliphatic rings. The van der Waals surface area contributed by atoms with Crippen molar-refractivity contribution in [2.75, 3.05) is 44.6 Å². The number of anilines is 1. The van der Waals surface area contributed by atoms with Gasteiger partial charge in [0.25, 0.3) is 0 Å². The lowest BCUT2D eigenvalue weighted by atomic mass is 10.0. The molecular formula is C34H44F3N9OS. The topological polar surface area (TPSA) is 122 Å². The first kappa shape index (κ1) is 34.5. The Morgan fingerprint density at radius 1 is 1.06 bits per heavy atom. The summed E-state index contributed by atoms with van der Waals surface area (Å²) in [4.78, 5) is 16.5. The lowest BCUT2D eigenvalue weighted by Crippen LogP contribution is -2.56. The van der Waals surface area contributed by atoms with Gasteiger partial charge in [0.2, 0.25) is 0 Å². The lowest BCUT2D eigenvalue weighted by Gasteiger charge is -2.41. The molecule has 0 spiro atoms. The number of rotatable bonds is 10. The van der Waals surface area contributed by atoms with E-state index in [1.54, 1.807) is 6.07 Å². The highest BCUT2D eigenvalue weighted by Gasteiger charge is 2.30. The second-order valence-corrected chi connectivity index (χ2v) is 14.4. The number of likely N-dealkylation sites (tertiary alicyclic amines) is 1. The summed E-state index contributed by atoms with van der Waals surface area (Å²) in [6.45, 7) is 13.0. The molecule has 0 radical (unpaired) electrons. The van der Waals surface area contributed by atoms with Crippen LogP contribution < -0.4 is 11.1 Å². The first-order valence-corrected chi connectivity index (χ1v) is 17.4. The highest BCUT2D eigenvalue weighted by molar-refractivity contribution is 7.18. The van der Waals surface area contributed by atoms with E-state index in [4.69, 9.17) is 5.73 Å². The van der Waals surface area contributed by atoms with Gasteiger partial charge in [0, 0.05) is 86.3 Å². The smallest absolute Gasteiger partial charge is 0.377 e. The zero-order valence-corrected chi connectivity index (χ0v) is 28.5. The van der Waals surface area contributed by atoms with E-state index >= 15 is 0 Å². The van der Waals surface area contributed by atoms with Gasteiger partial charge in [-0.3, -0.25) is 14.7 Å². The number of aliphatic hydroxyl groups is 1. The first-order valence-electron chi connectivity index (χ1n) is 16.6. The number of hydrogen-bond acceptors (Lipinski definition) is 10. The van der Waals surface area contributed by atoms with Crippen molar-refractivity contribution in [2.45, 2.75) is 83.7 Å². The Labute approximate surface area is 282 Å². The largest absolute Gasteiger partial charge is 0.393 e. The summed E-state index contributed by atoms with van der Waals surface area (Å²) in [5, 5.41) is 25.1. The van der Waals surface area contributed by atoms with E-state index in [-0.39, 0.29) is 23.0 Å². The number of halogens is 3. The third-order valence-electron chi connectivity index (χ3n) is 10.1. The van der Waals surface area contributed by atoms with Gasteiger partial charge in [-0.25, -0.2) is 9.97 Å². The molecule has 4 aromatic rings. The van der Waals surface area contributed by atoms with Crippen molar-refractivity contribution in [1.29, 1.82) is 5.26 Å². The standard InChI is InChI=1S/C34H44F3N9OS/c1-21(44-10-12-45(13-11-44)23(3)31(39)47)18-46-26(17-38)14-28-22(2)24(4-5-30(28)46)19-43-8-6-25(7-9-43)42-32-29-15-27(16-34(35,36)37)48-33(29)41-20-40-32/h4-5,14-15,20-21,23,25,31,47H,6-13,16,18-19,39H2,1-3H3,(H,40,41,42)/t21-,23?,31?/m0/s1. The number of benzene rings is 1. The molecule has 0 amide bonds. The lowest BCUT2D eigenvalue weighted by molar-refractivity contribution is -0.126. The third kappa shape index (κ3) is 7.61. The van der Waals surface area contributed by atoms with Crippen LogP contribution in [-0.4, -0.2) is 104 Å². The molecule has 0 bridgehead atoms. The summed E-state index contributed by atoms with van der Waals surface area (Å²) in [5.74, 6) is 0.597. The molecule has 3 atom stereocenters. The van der Waals surface area contributed by atoms with Crippen LogP contribution in [0, 0.1) is 18.3 Å². The number of nitriles is 1. The molecule has 1 aromatic carbocycles. The Bertz CT molecular complexity index is 1770. The molecule has 10 nitrogen and oxygen atoms in total. The maximum Gasteiger partial charge on any atom is 0.393 e. The van der Waals surface area contributed by atoms with Gasteiger partial charge in [0.1, 0.15) is 35.0 Å². The van der Waals surface area contributed by atoms with Gasteiger partial charge in [-0.2, -0.15) is 18.4 Å². The highest BCUT2D eigenvalue weighted by atomic mass is 32.1. The van der Waals surface area contributed by atoms with Crippen molar-refractivity contribution in [3.8, 4) is 6.07 Å². The van der Waals surface area contributed by atoms with Crippen LogP contribution in [0.25, 0.3) is 21.1 Å². The molecule has 4 N–H and O–H groups in total. The number of nitrogens with zero attached hydrogens (tertiary/aromatic N) is 7. The fourth-order valence-corrected chi connectivity index (χ4v) is 8.16. The number of nitrogens with two attached hydrogens (primary N) is 1. The molecule has 5 heterocycles. The van der Waals surface area contributed by atoms with Gasteiger partial charge >= 0.3 is 6.18 Å². The molecule has 48 heavy (non-hydrogen) atoms. The molecule has 3 aromatic heterocycles. The Morgan fingerprint density at radius 2 is 1.77 bits per heavy atom. The van der Waals surface area contributed by atoms with E-state index in [9.17, 15) is 23.5 Å². The van der Waals surface area contributed by atoms with E-state index in [2.05, 4.69) is 66.6 Å². The van der Waals surface area contributed by atoms with Crippen LogP contribution in [0.3, 0.4) is 0 Å². The first-order chi connectivity index (χ1) is 22.9. The van der Waals surface area contributed by atoms with Crippen molar-refractivity contribution in [3.63, 3.8) is 0 Å². The summed E-state index contributed by atoms with van der Waals surface area (Å²) in [5.41, 5.74) is 9.87. The minimum absolute atomic E-state index is 0.0749. The number of thiophene rings is 1. The molecular weight excluding hydrogens is 639 g/mol. The molecule has 2 fully saturated rings. The monoisotopic (exact) mass is 683 g/mol. The molecule has 6 rings (SSSR count). The van der Waals surface area contributed by atoms with E-state index in [1.165, 1.54) is 17.5 Å². The maximum atomic E-state index is 13.0. The van der Waals surface area contributed by atoms with Gasteiger partial charge in [-0.1, -0.05) is 6.07 Å². The summed E-state index contributed by atoms with van der Waals surface area (Å²) in [6, 6.07) is 10.7. The number of aryl methyl sites for hydroxylation is 1. The maximum absolute atomic E-state index is 13.0. The van der Waals surface area contributed by atoms with Gasteiger partial charge in [-0.15, -0.1) is 11.3 Å². The van der Waals surface area contributed by atoms with Crippen LogP contribution in [0.2, 0.25) is 0 Å². The van der Waals surface area contributed by atoms with Gasteiger partial charge in [0.05, 0.1) is 11.8 Å². The number of nitrogens with one attached hydrogen (secondary N) is 1. The van der Waals surface area contributed by atoms with E-state index in [0.29, 0.717) is 28.3 Å². The summed E-state index contributed by atoms with van der Waals surface area (Å²) < 4.78 is 41.0. The average molecular weight is 684 g/mol. The number of aromatic nitrogens is 3. The molecule has 2 aliphatic heterocycles. The molecule has 14 heteroatoms. The number of fused-ring (bicyclic) bond motifs is 2. The van der Waals surface area contributed by atoms with Crippen LogP contribution in [-0.2, 0) is 19.5 Å².